The summed E-state index contributed by atoms with van der Waals surface area (Å²) in [5.74, 6) is 0.0209. The largest absolute Gasteiger partial charge is 0.473 e. The Morgan fingerprint density at radius 1 is 1.07 bits per heavy atom. The van der Waals surface area contributed by atoms with Crippen LogP contribution in [0.2, 0.25) is 0 Å². The Hall–Kier alpha value is -3.23. The Kier molecular flexibility index (Phi) is 6.81. The molecule has 3 aromatic rings. The Labute approximate surface area is 176 Å². The summed E-state index contributed by atoms with van der Waals surface area (Å²) in [6.45, 7) is 4.10. The molecule has 0 unspecified atom stereocenters. The van der Waals surface area contributed by atoms with Crippen LogP contribution in [0.25, 0.3) is 0 Å². The zero-order valence-electron chi connectivity index (χ0n) is 16.8. The van der Waals surface area contributed by atoms with Crippen LogP contribution in [0.1, 0.15) is 28.4 Å². The van der Waals surface area contributed by atoms with E-state index < -0.39 is 15.9 Å². The molecule has 0 aliphatic heterocycles. The Balaban J connectivity index is 1.68. The molecule has 156 valence electrons. The lowest BCUT2D eigenvalue weighted by atomic mass is 10.1. The Morgan fingerprint density at radius 2 is 1.83 bits per heavy atom. The highest BCUT2D eigenvalue weighted by atomic mass is 32.2. The smallest absolute Gasteiger partial charge is 0.256 e. The van der Waals surface area contributed by atoms with Crippen LogP contribution in [0, 0.1) is 6.92 Å². The maximum atomic E-state index is 12.7. The van der Waals surface area contributed by atoms with Crippen LogP contribution in [0.15, 0.2) is 71.8 Å². The van der Waals surface area contributed by atoms with Crippen LogP contribution in [0.4, 0.5) is 5.69 Å². The van der Waals surface area contributed by atoms with E-state index in [0.717, 1.165) is 5.56 Å². The van der Waals surface area contributed by atoms with Crippen LogP contribution >= 0.6 is 0 Å². The second kappa shape index (κ2) is 9.51. The van der Waals surface area contributed by atoms with Crippen molar-refractivity contribution in [2.45, 2.75) is 25.3 Å². The number of rotatable bonds is 8. The maximum Gasteiger partial charge on any atom is 0.256 e. The summed E-state index contributed by atoms with van der Waals surface area (Å²) in [6, 6.07) is 17.5. The van der Waals surface area contributed by atoms with Gasteiger partial charge in [0.15, 0.2) is 0 Å². The van der Waals surface area contributed by atoms with Gasteiger partial charge in [-0.25, -0.2) is 18.1 Å². The third-order valence-electron chi connectivity index (χ3n) is 4.32. The highest BCUT2D eigenvalue weighted by Gasteiger charge is 2.17. The molecule has 0 saturated carbocycles. The van der Waals surface area contributed by atoms with E-state index >= 15 is 0 Å². The number of benzene rings is 2. The van der Waals surface area contributed by atoms with Gasteiger partial charge in [0.1, 0.15) is 6.61 Å². The van der Waals surface area contributed by atoms with E-state index in [4.69, 9.17) is 4.74 Å². The molecule has 0 radical (unpaired) electrons. The monoisotopic (exact) mass is 425 g/mol. The Bertz CT molecular complexity index is 1110. The molecular formula is C22H23N3O4S. The molecule has 1 heterocycles. The molecule has 0 aliphatic carbocycles. The lowest BCUT2D eigenvalue weighted by molar-refractivity contribution is 0.102. The summed E-state index contributed by atoms with van der Waals surface area (Å²) in [6.07, 6.45) is 1.49. The van der Waals surface area contributed by atoms with Gasteiger partial charge in [-0.15, -0.1) is 0 Å². The SMILES string of the molecule is CCNS(=O)(=O)c1ccc(C)c(C(=O)Nc2ccc(OCc3ccccc3)nc2)c1. The van der Waals surface area contributed by atoms with Gasteiger partial charge in [0.25, 0.3) is 5.91 Å². The van der Waals surface area contributed by atoms with Crippen molar-refractivity contribution in [2.75, 3.05) is 11.9 Å². The number of pyridine rings is 1. The molecule has 30 heavy (non-hydrogen) atoms. The van der Waals surface area contributed by atoms with Gasteiger partial charge in [0.2, 0.25) is 15.9 Å². The molecule has 1 amide bonds. The first-order valence-corrected chi connectivity index (χ1v) is 10.9. The van der Waals surface area contributed by atoms with Crippen molar-refractivity contribution in [1.82, 2.24) is 9.71 Å². The zero-order chi connectivity index (χ0) is 21.6. The van der Waals surface area contributed by atoms with Crippen molar-refractivity contribution in [3.05, 3.63) is 83.6 Å². The van der Waals surface area contributed by atoms with Crippen molar-refractivity contribution in [3.63, 3.8) is 0 Å². The predicted molar refractivity (Wildman–Crippen MR) is 115 cm³/mol. The number of nitrogens with one attached hydrogen (secondary N) is 2. The molecule has 2 aromatic carbocycles. The minimum Gasteiger partial charge on any atom is -0.473 e. The number of sulfonamides is 1. The van der Waals surface area contributed by atoms with Crippen LogP contribution in [-0.4, -0.2) is 25.9 Å². The number of aromatic nitrogens is 1. The Morgan fingerprint density at radius 3 is 2.50 bits per heavy atom. The molecule has 0 saturated heterocycles. The third-order valence-corrected chi connectivity index (χ3v) is 5.87. The molecule has 1 aromatic heterocycles. The van der Waals surface area contributed by atoms with Gasteiger partial charge in [-0.3, -0.25) is 4.79 Å². The van der Waals surface area contributed by atoms with Gasteiger partial charge in [-0.2, -0.15) is 0 Å². The lowest BCUT2D eigenvalue weighted by Crippen LogP contribution is -2.24. The van der Waals surface area contributed by atoms with Crippen LogP contribution in [0.3, 0.4) is 0 Å². The van der Waals surface area contributed by atoms with Crippen molar-refractivity contribution < 1.29 is 17.9 Å². The summed E-state index contributed by atoms with van der Waals surface area (Å²) in [4.78, 5) is 16.9. The number of anilines is 1. The summed E-state index contributed by atoms with van der Waals surface area (Å²) < 4.78 is 32.5. The summed E-state index contributed by atoms with van der Waals surface area (Å²) in [5, 5.41) is 2.74. The molecule has 0 bridgehead atoms. The first kappa shape index (κ1) is 21.5. The molecule has 0 fully saturated rings. The van der Waals surface area contributed by atoms with E-state index in [1.165, 1.54) is 18.3 Å². The standard InChI is InChI=1S/C22H23N3O4S/c1-3-24-30(27,28)19-11-9-16(2)20(13-19)22(26)25-18-10-12-21(23-14-18)29-15-17-7-5-4-6-8-17/h4-14,24H,3,15H2,1-2H3,(H,25,26). The van der Waals surface area contributed by atoms with Crippen molar-refractivity contribution in [1.29, 1.82) is 0 Å². The second-order valence-electron chi connectivity index (χ2n) is 6.59. The highest BCUT2D eigenvalue weighted by Crippen LogP contribution is 2.19. The van der Waals surface area contributed by atoms with Gasteiger partial charge in [-0.05, 0) is 36.2 Å². The normalized spacial score (nSPS) is 11.1. The van der Waals surface area contributed by atoms with E-state index in [0.29, 0.717) is 23.7 Å². The molecule has 3 rings (SSSR count). The number of amides is 1. The van der Waals surface area contributed by atoms with Gasteiger partial charge in [-0.1, -0.05) is 43.3 Å². The van der Waals surface area contributed by atoms with Crippen molar-refractivity contribution in [3.8, 4) is 5.88 Å². The number of aryl methyl sites for hydroxylation is 1. The molecule has 0 spiro atoms. The summed E-state index contributed by atoms with van der Waals surface area (Å²) in [7, 11) is -3.65. The maximum absolute atomic E-state index is 12.7. The minimum absolute atomic E-state index is 0.0443. The number of hydrogen-bond acceptors (Lipinski definition) is 5. The molecule has 8 heteroatoms. The number of carbonyl (C=O) groups excluding carboxylic acids is 1. The second-order valence-corrected chi connectivity index (χ2v) is 8.36. The summed E-state index contributed by atoms with van der Waals surface area (Å²) in [5.41, 5.74) is 2.45. The number of carbonyl (C=O) groups is 1. The fraction of sp³-hybridized carbons (Fsp3) is 0.182. The molecule has 2 N–H and O–H groups in total. The topological polar surface area (TPSA) is 97.4 Å². The molecular weight excluding hydrogens is 402 g/mol. The van der Waals surface area contributed by atoms with E-state index in [9.17, 15) is 13.2 Å². The van der Waals surface area contributed by atoms with Gasteiger partial charge in [0.05, 0.1) is 16.8 Å². The zero-order valence-corrected chi connectivity index (χ0v) is 17.6. The van der Waals surface area contributed by atoms with Gasteiger partial charge in [0, 0.05) is 18.2 Å². The number of nitrogens with zero attached hydrogens (tertiary/aromatic N) is 1. The van der Waals surface area contributed by atoms with Crippen LogP contribution in [-0.2, 0) is 16.6 Å². The highest BCUT2D eigenvalue weighted by molar-refractivity contribution is 7.89. The predicted octanol–water partition coefficient (Wildman–Crippen LogP) is 3.52. The lowest BCUT2D eigenvalue weighted by Gasteiger charge is -2.11. The summed E-state index contributed by atoms with van der Waals surface area (Å²) >= 11 is 0. The average Bonchev–Trinajstić information content (AvgIpc) is 2.74. The quantitative estimate of drug-likeness (QED) is 0.576. The average molecular weight is 426 g/mol. The van der Waals surface area contributed by atoms with E-state index in [2.05, 4.69) is 15.0 Å². The van der Waals surface area contributed by atoms with E-state index in [1.54, 1.807) is 32.0 Å². The number of hydrogen-bond donors (Lipinski definition) is 2. The fourth-order valence-corrected chi connectivity index (χ4v) is 3.82. The van der Waals surface area contributed by atoms with E-state index in [1.807, 2.05) is 30.3 Å². The van der Waals surface area contributed by atoms with Gasteiger partial charge >= 0.3 is 0 Å². The molecule has 0 aliphatic rings. The fourth-order valence-electron chi connectivity index (χ4n) is 2.76. The first-order chi connectivity index (χ1) is 14.4. The third kappa shape index (κ3) is 5.43. The van der Waals surface area contributed by atoms with E-state index in [-0.39, 0.29) is 17.0 Å². The minimum atomic E-state index is -3.65. The van der Waals surface area contributed by atoms with Crippen molar-refractivity contribution >= 4 is 21.6 Å². The van der Waals surface area contributed by atoms with Crippen LogP contribution in [0.5, 0.6) is 5.88 Å². The van der Waals surface area contributed by atoms with Crippen LogP contribution < -0.4 is 14.8 Å². The molecule has 0 atom stereocenters. The first-order valence-electron chi connectivity index (χ1n) is 9.43. The van der Waals surface area contributed by atoms with Gasteiger partial charge < -0.3 is 10.1 Å². The molecule has 7 nitrogen and oxygen atoms in total. The number of ether oxygens (including phenoxy) is 1. The van der Waals surface area contributed by atoms with Crippen molar-refractivity contribution in [2.24, 2.45) is 0 Å².